The summed E-state index contributed by atoms with van der Waals surface area (Å²) < 4.78 is 11.0. The van der Waals surface area contributed by atoms with Crippen LogP contribution in [0.3, 0.4) is 0 Å². The predicted molar refractivity (Wildman–Crippen MR) is 84.9 cm³/mol. The molecule has 0 bridgehead atoms. The SMILES string of the molecule is CCC(C#N)Oc1c(Cl)cc(CNCC(C)C)cc1OC. The molecule has 1 aromatic carbocycles. The van der Waals surface area contributed by atoms with Crippen molar-refractivity contribution in [3.05, 3.63) is 22.7 Å². The van der Waals surface area contributed by atoms with Crippen molar-refractivity contribution in [3.63, 3.8) is 0 Å². The van der Waals surface area contributed by atoms with Crippen molar-refractivity contribution in [2.75, 3.05) is 13.7 Å². The lowest BCUT2D eigenvalue weighted by molar-refractivity contribution is 0.239. The van der Waals surface area contributed by atoms with Crippen LogP contribution in [0.4, 0.5) is 0 Å². The minimum atomic E-state index is -0.527. The van der Waals surface area contributed by atoms with E-state index in [1.54, 1.807) is 7.11 Å². The van der Waals surface area contributed by atoms with Crippen LogP contribution in [0.15, 0.2) is 12.1 Å². The van der Waals surface area contributed by atoms with Crippen LogP contribution in [0, 0.1) is 17.2 Å². The lowest BCUT2D eigenvalue weighted by Gasteiger charge is -2.17. The van der Waals surface area contributed by atoms with Crippen LogP contribution >= 0.6 is 11.6 Å². The Morgan fingerprint density at radius 1 is 1.38 bits per heavy atom. The van der Waals surface area contributed by atoms with Gasteiger partial charge in [-0.05, 0) is 36.6 Å². The summed E-state index contributed by atoms with van der Waals surface area (Å²) in [6.07, 6.45) is 0.0644. The van der Waals surface area contributed by atoms with Crippen LogP contribution in [0.2, 0.25) is 5.02 Å². The Hall–Kier alpha value is -1.44. The van der Waals surface area contributed by atoms with Gasteiger partial charge in [0.1, 0.15) is 6.07 Å². The van der Waals surface area contributed by atoms with Crippen molar-refractivity contribution in [1.29, 1.82) is 5.26 Å². The predicted octanol–water partition coefficient (Wildman–Crippen LogP) is 3.78. The summed E-state index contributed by atoms with van der Waals surface area (Å²) >= 11 is 6.27. The molecule has 21 heavy (non-hydrogen) atoms. The third-order valence-electron chi connectivity index (χ3n) is 2.95. The quantitative estimate of drug-likeness (QED) is 0.794. The van der Waals surface area contributed by atoms with Crippen LogP contribution in [0.25, 0.3) is 0 Å². The molecule has 1 unspecified atom stereocenters. The molecule has 0 aromatic heterocycles. The van der Waals surface area contributed by atoms with E-state index >= 15 is 0 Å². The fraction of sp³-hybridized carbons (Fsp3) is 0.562. The first kappa shape index (κ1) is 17.6. The first-order valence-electron chi connectivity index (χ1n) is 7.15. The number of nitriles is 1. The lowest BCUT2D eigenvalue weighted by Crippen LogP contribution is -2.19. The Morgan fingerprint density at radius 2 is 2.10 bits per heavy atom. The molecule has 0 amide bonds. The zero-order valence-electron chi connectivity index (χ0n) is 13.1. The zero-order valence-corrected chi connectivity index (χ0v) is 13.8. The summed E-state index contributed by atoms with van der Waals surface area (Å²) in [5.74, 6) is 1.57. The van der Waals surface area contributed by atoms with Crippen LogP contribution in [0.1, 0.15) is 32.8 Å². The number of methoxy groups -OCH3 is 1. The number of nitrogens with one attached hydrogen (secondary N) is 1. The second kappa shape index (κ2) is 8.76. The molecule has 1 N–H and O–H groups in total. The second-order valence-electron chi connectivity index (χ2n) is 5.28. The molecule has 4 nitrogen and oxygen atoms in total. The van der Waals surface area contributed by atoms with E-state index in [0.29, 0.717) is 35.4 Å². The standard InChI is InChI=1S/C16H23ClN2O2/c1-5-13(8-18)21-16-14(17)6-12(7-15(16)20-4)10-19-9-11(2)3/h6-7,11,13,19H,5,9-10H2,1-4H3. The maximum absolute atomic E-state index is 9.00. The summed E-state index contributed by atoms with van der Waals surface area (Å²) in [7, 11) is 1.57. The van der Waals surface area contributed by atoms with Gasteiger partial charge in [0.25, 0.3) is 0 Å². The molecule has 1 rings (SSSR count). The van der Waals surface area contributed by atoms with E-state index in [9.17, 15) is 0 Å². The van der Waals surface area contributed by atoms with Gasteiger partial charge >= 0.3 is 0 Å². The van der Waals surface area contributed by atoms with E-state index in [1.807, 2.05) is 19.1 Å². The molecule has 1 aromatic rings. The molecule has 0 heterocycles. The van der Waals surface area contributed by atoms with Crippen molar-refractivity contribution in [2.45, 2.75) is 39.8 Å². The maximum Gasteiger partial charge on any atom is 0.184 e. The highest BCUT2D eigenvalue weighted by molar-refractivity contribution is 6.32. The van der Waals surface area contributed by atoms with Gasteiger partial charge in [-0.2, -0.15) is 5.26 Å². The summed E-state index contributed by atoms with van der Waals surface area (Å²) in [6.45, 7) is 7.85. The summed E-state index contributed by atoms with van der Waals surface area (Å²) in [5.41, 5.74) is 1.02. The van der Waals surface area contributed by atoms with Gasteiger partial charge < -0.3 is 14.8 Å². The van der Waals surface area contributed by atoms with Gasteiger partial charge in [-0.25, -0.2) is 0 Å². The summed E-state index contributed by atoms with van der Waals surface area (Å²) in [6, 6.07) is 5.82. The third-order valence-corrected chi connectivity index (χ3v) is 3.23. The number of nitrogens with zero attached hydrogens (tertiary/aromatic N) is 1. The van der Waals surface area contributed by atoms with Crippen molar-refractivity contribution >= 4 is 11.6 Å². The van der Waals surface area contributed by atoms with Crippen LogP contribution in [0.5, 0.6) is 11.5 Å². The monoisotopic (exact) mass is 310 g/mol. The molecule has 0 fully saturated rings. The molecule has 0 radical (unpaired) electrons. The van der Waals surface area contributed by atoms with Gasteiger partial charge in [-0.1, -0.05) is 32.4 Å². The first-order valence-corrected chi connectivity index (χ1v) is 7.53. The zero-order chi connectivity index (χ0) is 15.8. The number of rotatable bonds is 8. The molecule has 0 aliphatic rings. The number of halogens is 1. The molecule has 0 aliphatic heterocycles. The largest absolute Gasteiger partial charge is 0.493 e. The van der Waals surface area contributed by atoms with E-state index in [4.69, 9.17) is 26.3 Å². The topological polar surface area (TPSA) is 54.3 Å². The summed E-state index contributed by atoms with van der Waals surface area (Å²) in [5, 5.41) is 12.8. The van der Waals surface area contributed by atoms with Crippen LogP contribution in [-0.4, -0.2) is 19.8 Å². The van der Waals surface area contributed by atoms with E-state index in [1.165, 1.54) is 0 Å². The smallest absolute Gasteiger partial charge is 0.184 e. The second-order valence-corrected chi connectivity index (χ2v) is 5.68. The average Bonchev–Trinajstić information content (AvgIpc) is 2.45. The number of hydrogen-bond acceptors (Lipinski definition) is 4. The normalized spacial score (nSPS) is 12.0. The minimum Gasteiger partial charge on any atom is -0.493 e. The Labute approximate surface area is 132 Å². The fourth-order valence-corrected chi connectivity index (χ4v) is 2.12. The molecule has 0 saturated heterocycles. The maximum atomic E-state index is 9.00. The number of ether oxygens (including phenoxy) is 2. The summed E-state index contributed by atoms with van der Waals surface area (Å²) in [4.78, 5) is 0. The molecule has 0 spiro atoms. The fourth-order valence-electron chi connectivity index (χ4n) is 1.84. The first-order chi connectivity index (χ1) is 10.0. The van der Waals surface area contributed by atoms with Crippen molar-refractivity contribution in [3.8, 4) is 17.6 Å². The van der Waals surface area contributed by atoms with Gasteiger partial charge in [0.05, 0.1) is 12.1 Å². The van der Waals surface area contributed by atoms with Crippen LogP contribution < -0.4 is 14.8 Å². The van der Waals surface area contributed by atoms with Gasteiger partial charge in [0.2, 0.25) is 0 Å². The van der Waals surface area contributed by atoms with Gasteiger partial charge in [-0.3, -0.25) is 0 Å². The average molecular weight is 311 g/mol. The Morgan fingerprint density at radius 3 is 2.62 bits per heavy atom. The Bertz CT molecular complexity index is 498. The Kier molecular flexibility index (Phi) is 7.35. The van der Waals surface area contributed by atoms with Crippen molar-refractivity contribution < 1.29 is 9.47 Å². The molecule has 1 atom stereocenters. The van der Waals surface area contributed by atoms with E-state index in [2.05, 4.69) is 25.2 Å². The highest BCUT2D eigenvalue weighted by Gasteiger charge is 2.16. The van der Waals surface area contributed by atoms with Gasteiger partial charge in [0, 0.05) is 6.54 Å². The highest BCUT2D eigenvalue weighted by Crippen LogP contribution is 2.37. The third kappa shape index (κ3) is 5.45. The molecule has 0 saturated carbocycles. The van der Waals surface area contributed by atoms with Gasteiger partial charge in [0.15, 0.2) is 17.6 Å². The molecular formula is C16H23ClN2O2. The minimum absolute atomic E-state index is 0.431. The Balaban J connectivity index is 2.89. The molecule has 0 aliphatic carbocycles. The number of hydrogen-bond donors (Lipinski definition) is 1. The number of benzene rings is 1. The van der Waals surface area contributed by atoms with E-state index in [0.717, 1.165) is 12.1 Å². The van der Waals surface area contributed by atoms with Crippen LogP contribution in [-0.2, 0) is 6.54 Å². The van der Waals surface area contributed by atoms with E-state index < -0.39 is 6.10 Å². The lowest BCUT2D eigenvalue weighted by atomic mass is 10.1. The van der Waals surface area contributed by atoms with Crippen molar-refractivity contribution in [1.82, 2.24) is 5.32 Å². The van der Waals surface area contributed by atoms with Gasteiger partial charge in [-0.15, -0.1) is 0 Å². The van der Waals surface area contributed by atoms with E-state index in [-0.39, 0.29) is 0 Å². The van der Waals surface area contributed by atoms with Crippen molar-refractivity contribution in [2.24, 2.45) is 5.92 Å². The molecule has 5 heteroatoms. The molecular weight excluding hydrogens is 288 g/mol. The molecule has 116 valence electrons. The highest BCUT2D eigenvalue weighted by atomic mass is 35.5.